The third-order valence-electron chi connectivity index (χ3n) is 1.91. The van der Waals surface area contributed by atoms with Crippen molar-refractivity contribution in [2.75, 3.05) is 0 Å². The number of nitrogens with zero attached hydrogens (tertiary/aromatic N) is 3. The minimum absolute atomic E-state index is 0.0778. The van der Waals surface area contributed by atoms with Gasteiger partial charge in [0.2, 0.25) is 0 Å². The molecule has 0 amide bonds. The number of thiophene rings is 1. The van der Waals surface area contributed by atoms with E-state index < -0.39 is 5.97 Å². The van der Waals surface area contributed by atoms with Crippen LogP contribution in [0.5, 0.6) is 0 Å². The zero-order valence-corrected chi connectivity index (χ0v) is 8.23. The third-order valence-corrected chi connectivity index (χ3v) is 3.06. The van der Waals surface area contributed by atoms with E-state index >= 15 is 0 Å². The van der Waals surface area contributed by atoms with Gasteiger partial charge in [0.1, 0.15) is 4.88 Å². The predicted octanol–water partition coefficient (Wildman–Crippen LogP) is 3.54. The van der Waals surface area contributed by atoms with Gasteiger partial charge in [-0.3, -0.25) is 0 Å². The molecule has 0 fully saturated rings. The normalized spacial score (nSPS) is 9.87. The Morgan fingerprint density at radius 2 is 2.20 bits per heavy atom. The van der Waals surface area contributed by atoms with E-state index in [0.29, 0.717) is 5.39 Å². The lowest BCUT2D eigenvalue weighted by Gasteiger charge is -1.90. The summed E-state index contributed by atoms with van der Waals surface area (Å²) in [6, 6.07) is 7.12. The van der Waals surface area contributed by atoms with E-state index in [2.05, 4.69) is 10.0 Å². The zero-order valence-electron chi connectivity index (χ0n) is 7.41. The highest BCUT2D eigenvalue weighted by Gasteiger charge is 2.15. The Balaban J connectivity index is 2.85. The highest BCUT2D eigenvalue weighted by Crippen LogP contribution is 2.37. The van der Waals surface area contributed by atoms with Crippen LogP contribution in [0.25, 0.3) is 20.5 Å². The maximum Gasteiger partial charge on any atom is 0.346 e. The smallest absolute Gasteiger partial charge is 0.346 e. The Labute approximate surface area is 88.2 Å². The fraction of sp³-hybridized carbons (Fsp3) is 0. The van der Waals surface area contributed by atoms with Gasteiger partial charge >= 0.3 is 5.97 Å². The monoisotopic (exact) mass is 219 g/mol. The summed E-state index contributed by atoms with van der Waals surface area (Å²) in [7, 11) is 0. The average Bonchev–Trinajstić information content (AvgIpc) is 2.58. The molecule has 0 unspecified atom stereocenters. The molecule has 1 aromatic carbocycles. The maximum atomic E-state index is 10.9. The summed E-state index contributed by atoms with van der Waals surface area (Å²) in [5, 5.41) is 13.0. The van der Waals surface area contributed by atoms with Crippen molar-refractivity contribution in [3.63, 3.8) is 0 Å². The maximum absolute atomic E-state index is 10.9. The number of aromatic carboxylic acids is 1. The van der Waals surface area contributed by atoms with Crippen LogP contribution in [-0.2, 0) is 0 Å². The zero-order chi connectivity index (χ0) is 10.8. The fourth-order valence-electron chi connectivity index (χ4n) is 1.32. The Morgan fingerprint density at radius 1 is 1.47 bits per heavy atom. The molecule has 5 nitrogen and oxygen atoms in total. The number of carboxylic acid groups (broad SMARTS) is 1. The highest BCUT2D eigenvalue weighted by atomic mass is 32.1. The lowest BCUT2D eigenvalue weighted by molar-refractivity contribution is 0.0703. The molecule has 15 heavy (non-hydrogen) atoms. The number of carbonyl (C=O) groups is 1. The number of carboxylic acids is 1. The van der Waals surface area contributed by atoms with Crippen molar-refractivity contribution in [3.05, 3.63) is 39.6 Å². The van der Waals surface area contributed by atoms with E-state index in [9.17, 15) is 4.79 Å². The van der Waals surface area contributed by atoms with E-state index in [1.807, 2.05) is 6.07 Å². The van der Waals surface area contributed by atoms with Crippen LogP contribution in [0.1, 0.15) is 9.67 Å². The number of benzene rings is 1. The van der Waals surface area contributed by atoms with Gasteiger partial charge in [0.25, 0.3) is 0 Å². The molecule has 1 N–H and O–H groups in total. The van der Waals surface area contributed by atoms with Crippen molar-refractivity contribution in [2.24, 2.45) is 5.11 Å². The van der Waals surface area contributed by atoms with Crippen molar-refractivity contribution in [2.45, 2.75) is 0 Å². The molecule has 1 aromatic heterocycles. The van der Waals surface area contributed by atoms with E-state index in [1.165, 1.54) is 0 Å². The van der Waals surface area contributed by atoms with Gasteiger partial charge in [0.15, 0.2) is 0 Å². The fourth-order valence-corrected chi connectivity index (χ4v) is 2.30. The highest BCUT2D eigenvalue weighted by molar-refractivity contribution is 7.21. The van der Waals surface area contributed by atoms with E-state index in [4.69, 9.17) is 10.6 Å². The lowest BCUT2D eigenvalue weighted by Crippen LogP contribution is -1.90. The molecule has 0 radical (unpaired) electrons. The van der Waals surface area contributed by atoms with Crippen molar-refractivity contribution in [3.8, 4) is 0 Å². The minimum Gasteiger partial charge on any atom is -0.477 e. The summed E-state index contributed by atoms with van der Waals surface area (Å²) >= 11 is 1.11. The molecular weight excluding hydrogens is 214 g/mol. The second-order valence-electron chi connectivity index (χ2n) is 2.77. The second-order valence-corrected chi connectivity index (χ2v) is 3.82. The molecule has 0 saturated heterocycles. The van der Waals surface area contributed by atoms with Crippen LogP contribution >= 0.6 is 11.3 Å². The van der Waals surface area contributed by atoms with E-state index in [1.54, 1.807) is 18.2 Å². The van der Waals surface area contributed by atoms with Crippen molar-refractivity contribution in [1.82, 2.24) is 0 Å². The van der Waals surface area contributed by atoms with Crippen LogP contribution in [0, 0.1) is 0 Å². The summed E-state index contributed by atoms with van der Waals surface area (Å²) in [6.45, 7) is 0. The first-order valence-electron chi connectivity index (χ1n) is 4.04. The van der Waals surface area contributed by atoms with Gasteiger partial charge < -0.3 is 5.11 Å². The number of hydrogen-bond donors (Lipinski definition) is 1. The molecule has 0 bridgehead atoms. The Hall–Kier alpha value is -2.04. The molecular formula is C9H5N3O2S. The van der Waals surface area contributed by atoms with Crippen LogP contribution in [0.3, 0.4) is 0 Å². The van der Waals surface area contributed by atoms with Gasteiger partial charge in [0, 0.05) is 15.0 Å². The van der Waals surface area contributed by atoms with Crippen LogP contribution in [-0.4, -0.2) is 11.1 Å². The van der Waals surface area contributed by atoms with E-state index in [0.717, 1.165) is 16.0 Å². The van der Waals surface area contributed by atoms with Gasteiger partial charge in [0.05, 0.1) is 5.69 Å². The summed E-state index contributed by atoms with van der Waals surface area (Å²) in [6.07, 6.45) is 0. The van der Waals surface area contributed by atoms with Gasteiger partial charge in [-0.15, -0.1) is 11.3 Å². The van der Waals surface area contributed by atoms with Crippen LogP contribution < -0.4 is 0 Å². The molecule has 74 valence electrons. The number of hydrogen-bond acceptors (Lipinski definition) is 3. The van der Waals surface area contributed by atoms with Gasteiger partial charge in [-0.1, -0.05) is 23.3 Å². The molecule has 0 saturated carbocycles. The first-order chi connectivity index (χ1) is 7.24. The first kappa shape index (κ1) is 9.51. The summed E-state index contributed by atoms with van der Waals surface area (Å²) in [5.41, 5.74) is 8.57. The molecule has 2 aromatic rings. The van der Waals surface area contributed by atoms with Gasteiger partial charge in [-0.25, -0.2) is 4.79 Å². The first-order valence-corrected chi connectivity index (χ1v) is 4.85. The standard InChI is InChI=1S/C9H5N3O2S/c10-12-11-7-5-3-1-2-4-6(5)15-8(7)9(13)14/h1-4H,(H,13,14). The van der Waals surface area contributed by atoms with Crippen molar-refractivity contribution >= 4 is 33.1 Å². The van der Waals surface area contributed by atoms with Crippen LogP contribution in [0.15, 0.2) is 29.4 Å². The number of azide groups is 1. The summed E-state index contributed by atoms with van der Waals surface area (Å²) in [5.74, 6) is -1.07. The number of rotatable bonds is 2. The molecule has 6 heteroatoms. The summed E-state index contributed by atoms with van der Waals surface area (Å²) in [4.78, 5) is 13.6. The van der Waals surface area contributed by atoms with Crippen LogP contribution in [0.4, 0.5) is 5.69 Å². The average molecular weight is 219 g/mol. The Kier molecular flexibility index (Phi) is 2.29. The van der Waals surface area contributed by atoms with Crippen molar-refractivity contribution in [1.29, 1.82) is 0 Å². The quantitative estimate of drug-likeness (QED) is 0.475. The molecule has 0 spiro atoms. The van der Waals surface area contributed by atoms with Gasteiger partial charge in [-0.2, -0.15) is 0 Å². The number of fused-ring (bicyclic) bond motifs is 1. The largest absolute Gasteiger partial charge is 0.477 e. The van der Waals surface area contributed by atoms with Gasteiger partial charge in [-0.05, 0) is 11.6 Å². The molecule has 0 atom stereocenters. The molecule has 1 heterocycles. The topological polar surface area (TPSA) is 86.1 Å². The second kappa shape index (κ2) is 3.61. The minimum atomic E-state index is -1.07. The molecule has 0 aliphatic heterocycles. The van der Waals surface area contributed by atoms with Crippen molar-refractivity contribution < 1.29 is 9.90 Å². The predicted molar refractivity (Wildman–Crippen MR) is 57.6 cm³/mol. The molecule has 0 aliphatic rings. The Morgan fingerprint density at radius 3 is 2.87 bits per heavy atom. The SMILES string of the molecule is [N-]=[N+]=Nc1c(C(=O)O)sc2ccccc12. The third kappa shape index (κ3) is 1.52. The van der Waals surface area contributed by atoms with E-state index in [-0.39, 0.29) is 10.6 Å². The summed E-state index contributed by atoms with van der Waals surface area (Å²) < 4.78 is 0.803. The molecule has 0 aliphatic carbocycles. The Bertz CT molecular complexity index is 584. The molecule has 2 rings (SSSR count). The lowest BCUT2D eigenvalue weighted by atomic mass is 10.2. The van der Waals surface area contributed by atoms with Crippen LogP contribution in [0.2, 0.25) is 0 Å².